The van der Waals surface area contributed by atoms with E-state index in [0.29, 0.717) is 30.3 Å². The van der Waals surface area contributed by atoms with Crippen molar-refractivity contribution in [3.63, 3.8) is 0 Å². The van der Waals surface area contributed by atoms with Crippen LogP contribution in [0.3, 0.4) is 0 Å². The molecule has 0 amide bonds. The lowest BCUT2D eigenvalue weighted by atomic mass is 9.81. The van der Waals surface area contributed by atoms with Gasteiger partial charge in [0.15, 0.2) is 0 Å². The number of halogens is 3. The molecule has 2 aromatic rings. The average Bonchev–Trinajstić information content (AvgIpc) is 2.90. The molecule has 0 aliphatic carbocycles. The number of hydrogen-bond acceptors (Lipinski definition) is 3. The van der Waals surface area contributed by atoms with Gasteiger partial charge in [-0.05, 0) is 66.5 Å². The smallest absolute Gasteiger partial charge is 0.416 e. The van der Waals surface area contributed by atoms with E-state index in [4.69, 9.17) is 4.74 Å². The van der Waals surface area contributed by atoms with Crippen LogP contribution in [0.5, 0.6) is 0 Å². The highest BCUT2D eigenvalue weighted by atomic mass is 19.4. The van der Waals surface area contributed by atoms with E-state index in [1.165, 1.54) is 13.2 Å². The molecular weight excluding hydrogens is 403 g/mol. The quantitative estimate of drug-likeness (QED) is 0.490. The predicted molar refractivity (Wildman–Crippen MR) is 116 cm³/mol. The molecular formula is C25H30F3NO2. The molecule has 0 N–H and O–H groups in total. The number of benzene rings is 2. The van der Waals surface area contributed by atoms with Gasteiger partial charge in [0.2, 0.25) is 0 Å². The fraction of sp³-hybridized carbons (Fsp3) is 0.480. The Morgan fingerprint density at radius 1 is 1.26 bits per heavy atom. The molecule has 168 valence electrons. The van der Waals surface area contributed by atoms with Crippen LogP contribution in [0.2, 0.25) is 0 Å². The monoisotopic (exact) mass is 433 g/mol. The number of alkyl halides is 3. The first-order valence-corrected chi connectivity index (χ1v) is 10.8. The fourth-order valence-electron chi connectivity index (χ4n) is 4.55. The third kappa shape index (κ3) is 5.05. The molecule has 3 nitrogen and oxygen atoms in total. The summed E-state index contributed by atoms with van der Waals surface area (Å²) in [6.07, 6.45) is -1.56. The van der Waals surface area contributed by atoms with Crippen molar-refractivity contribution < 1.29 is 22.7 Å². The lowest BCUT2D eigenvalue weighted by molar-refractivity contribution is -0.138. The summed E-state index contributed by atoms with van der Waals surface area (Å²) in [6, 6.07) is 10.2. The van der Waals surface area contributed by atoms with Gasteiger partial charge in [-0.25, -0.2) is 4.79 Å². The third-order valence-corrected chi connectivity index (χ3v) is 6.41. The van der Waals surface area contributed by atoms with Crippen molar-refractivity contribution in [3.8, 4) is 0 Å². The Labute approximate surface area is 182 Å². The first-order chi connectivity index (χ1) is 14.7. The van der Waals surface area contributed by atoms with E-state index < -0.39 is 17.7 Å². The molecule has 6 heteroatoms. The Balaban J connectivity index is 2.07. The molecule has 1 heterocycles. The van der Waals surface area contributed by atoms with Crippen LogP contribution in [0.15, 0.2) is 36.4 Å². The molecule has 2 atom stereocenters. The first kappa shape index (κ1) is 23.2. The minimum Gasteiger partial charge on any atom is -0.465 e. The molecule has 0 fully saturated rings. The topological polar surface area (TPSA) is 29.5 Å². The van der Waals surface area contributed by atoms with E-state index in [1.54, 1.807) is 31.2 Å². The number of methoxy groups -OCH3 is 1. The molecule has 0 aromatic heterocycles. The van der Waals surface area contributed by atoms with E-state index >= 15 is 0 Å². The molecule has 1 aliphatic heterocycles. The van der Waals surface area contributed by atoms with Gasteiger partial charge < -0.3 is 9.64 Å². The van der Waals surface area contributed by atoms with Crippen LogP contribution in [-0.4, -0.2) is 19.6 Å². The molecule has 31 heavy (non-hydrogen) atoms. The Morgan fingerprint density at radius 3 is 2.65 bits per heavy atom. The molecule has 2 unspecified atom stereocenters. The maximum absolute atomic E-state index is 13.7. The van der Waals surface area contributed by atoms with Gasteiger partial charge in [-0.2, -0.15) is 13.2 Å². The van der Waals surface area contributed by atoms with Gasteiger partial charge in [0.25, 0.3) is 0 Å². The van der Waals surface area contributed by atoms with Crippen molar-refractivity contribution in [2.75, 3.05) is 18.6 Å². The zero-order valence-electron chi connectivity index (χ0n) is 18.6. The minimum absolute atomic E-state index is 0.229. The molecule has 0 saturated heterocycles. The van der Waals surface area contributed by atoms with Crippen LogP contribution >= 0.6 is 0 Å². The molecule has 0 radical (unpaired) electrons. The summed E-state index contributed by atoms with van der Waals surface area (Å²) in [7, 11) is 1.33. The first-order valence-electron chi connectivity index (χ1n) is 10.8. The van der Waals surface area contributed by atoms with Crippen molar-refractivity contribution >= 4 is 11.7 Å². The van der Waals surface area contributed by atoms with Gasteiger partial charge in [-0.15, -0.1) is 0 Å². The van der Waals surface area contributed by atoms with Crippen molar-refractivity contribution in [1.29, 1.82) is 0 Å². The lowest BCUT2D eigenvalue weighted by Gasteiger charge is -2.29. The Morgan fingerprint density at radius 2 is 2.00 bits per heavy atom. The maximum Gasteiger partial charge on any atom is 0.416 e. The van der Waals surface area contributed by atoms with Gasteiger partial charge in [0.05, 0.1) is 18.2 Å². The zero-order valence-corrected chi connectivity index (χ0v) is 18.6. The summed E-state index contributed by atoms with van der Waals surface area (Å²) < 4.78 is 45.9. The molecule has 3 rings (SSSR count). The summed E-state index contributed by atoms with van der Waals surface area (Å²) in [5.74, 6) is 0.190. The Kier molecular flexibility index (Phi) is 6.97. The number of hydrogen-bond donors (Lipinski definition) is 0. The van der Waals surface area contributed by atoms with E-state index in [1.807, 2.05) is 11.0 Å². The second kappa shape index (κ2) is 9.33. The van der Waals surface area contributed by atoms with Crippen molar-refractivity contribution in [2.45, 2.75) is 58.7 Å². The maximum atomic E-state index is 13.7. The number of aryl methyl sites for hydroxylation is 1. The Bertz CT molecular complexity index is 939. The number of fused-ring (bicyclic) bond motifs is 1. The summed E-state index contributed by atoms with van der Waals surface area (Å²) in [5.41, 5.74) is 2.65. The van der Waals surface area contributed by atoms with Crippen molar-refractivity contribution in [1.82, 2.24) is 0 Å². The van der Waals surface area contributed by atoms with Crippen molar-refractivity contribution in [3.05, 3.63) is 64.2 Å². The number of anilines is 1. The standard InChI is InChI=1S/C25H30F3NO2/c1-5-16(2)20-10-7-11-29(15-18-8-6-9-19(13-18)24(30)31-4)23-14-22(25(26,27)28)17(3)12-21(20)23/h6,8-9,12-14,16,20H,5,7,10-11,15H2,1-4H3. The Hall–Kier alpha value is -2.50. The number of carbonyl (C=O) groups is 1. The lowest BCUT2D eigenvalue weighted by Crippen LogP contribution is -2.25. The van der Waals surface area contributed by atoms with Crippen LogP contribution in [-0.2, 0) is 17.5 Å². The van der Waals surface area contributed by atoms with E-state index in [-0.39, 0.29) is 11.5 Å². The van der Waals surface area contributed by atoms with E-state index in [0.717, 1.165) is 30.4 Å². The van der Waals surface area contributed by atoms with E-state index in [9.17, 15) is 18.0 Å². The minimum atomic E-state index is -4.40. The van der Waals surface area contributed by atoms with Crippen LogP contribution in [0.25, 0.3) is 0 Å². The predicted octanol–water partition coefficient (Wildman–Crippen LogP) is 6.73. The third-order valence-electron chi connectivity index (χ3n) is 6.41. The normalized spacial score (nSPS) is 17.6. The zero-order chi connectivity index (χ0) is 22.8. The summed E-state index contributed by atoms with van der Waals surface area (Å²) in [5, 5.41) is 0. The second-order valence-corrected chi connectivity index (χ2v) is 8.47. The highest BCUT2D eigenvalue weighted by molar-refractivity contribution is 5.89. The molecule has 2 aromatic carbocycles. The average molecular weight is 434 g/mol. The van der Waals surface area contributed by atoms with Gasteiger partial charge in [-0.3, -0.25) is 0 Å². The highest BCUT2D eigenvalue weighted by Crippen LogP contribution is 2.44. The van der Waals surface area contributed by atoms with Gasteiger partial charge >= 0.3 is 12.1 Å². The van der Waals surface area contributed by atoms with Gasteiger partial charge in [0, 0.05) is 18.8 Å². The number of rotatable bonds is 5. The molecule has 0 bridgehead atoms. The summed E-state index contributed by atoms with van der Waals surface area (Å²) in [6.45, 7) is 6.96. The van der Waals surface area contributed by atoms with E-state index in [2.05, 4.69) is 13.8 Å². The van der Waals surface area contributed by atoms with Crippen LogP contribution < -0.4 is 4.90 Å². The second-order valence-electron chi connectivity index (χ2n) is 8.47. The fourth-order valence-corrected chi connectivity index (χ4v) is 4.55. The van der Waals surface area contributed by atoms with Gasteiger partial charge in [0.1, 0.15) is 0 Å². The SMILES string of the molecule is CCC(C)C1CCCN(Cc2cccc(C(=O)OC)c2)c2cc(C(F)(F)F)c(C)cc21. The van der Waals surface area contributed by atoms with Crippen LogP contribution in [0.4, 0.5) is 18.9 Å². The van der Waals surface area contributed by atoms with Crippen LogP contribution in [0.1, 0.15) is 71.6 Å². The number of nitrogens with zero attached hydrogens (tertiary/aromatic N) is 1. The highest BCUT2D eigenvalue weighted by Gasteiger charge is 2.36. The van der Waals surface area contributed by atoms with Crippen LogP contribution in [0, 0.1) is 12.8 Å². The number of esters is 1. The number of ether oxygens (including phenoxy) is 1. The summed E-state index contributed by atoms with van der Waals surface area (Å²) >= 11 is 0. The molecule has 0 saturated carbocycles. The largest absolute Gasteiger partial charge is 0.465 e. The van der Waals surface area contributed by atoms with Crippen molar-refractivity contribution in [2.24, 2.45) is 5.92 Å². The number of carbonyl (C=O) groups excluding carboxylic acids is 1. The summed E-state index contributed by atoms with van der Waals surface area (Å²) in [4.78, 5) is 13.9. The van der Waals surface area contributed by atoms with Gasteiger partial charge in [-0.1, -0.05) is 38.5 Å². The molecule has 1 aliphatic rings. The molecule has 0 spiro atoms.